The van der Waals surface area contributed by atoms with Gasteiger partial charge in [0.1, 0.15) is 0 Å². The standard InChI is InChI=1S/C13H12Cl3NO2S2/c1-17(7-10-3-5-13(16)20-10)21(18,19)8-9-2-4-11(14)12(15)6-9/h2-6H,7-8H2,1H3. The number of hydrogen-bond donors (Lipinski definition) is 0. The van der Waals surface area contributed by atoms with Crippen LogP contribution in [-0.2, 0) is 22.3 Å². The number of hydrogen-bond acceptors (Lipinski definition) is 3. The highest BCUT2D eigenvalue weighted by Crippen LogP contribution is 2.26. The molecule has 0 fully saturated rings. The molecule has 2 rings (SSSR count). The molecule has 0 bridgehead atoms. The van der Waals surface area contributed by atoms with Gasteiger partial charge in [0.15, 0.2) is 0 Å². The molecular formula is C13H12Cl3NO2S2. The Hall–Kier alpha value is -0.300. The number of rotatable bonds is 5. The van der Waals surface area contributed by atoms with E-state index in [-0.39, 0.29) is 5.75 Å². The fraction of sp³-hybridized carbons (Fsp3) is 0.231. The van der Waals surface area contributed by atoms with Crippen LogP contribution in [0, 0.1) is 0 Å². The van der Waals surface area contributed by atoms with Gasteiger partial charge in [0.25, 0.3) is 0 Å². The van der Waals surface area contributed by atoms with Crippen LogP contribution >= 0.6 is 46.1 Å². The van der Waals surface area contributed by atoms with Crippen LogP contribution in [0.4, 0.5) is 0 Å². The molecule has 2 aromatic rings. The molecule has 0 N–H and O–H groups in total. The van der Waals surface area contributed by atoms with Crippen molar-refractivity contribution in [3.8, 4) is 0 Å². The minimum atomic E-state index is -3.44. The highest BCUT2D eigenvalue weighted by Gasteiger charge is 2.20. The zero-order valence-electron chi connectivity index (χ0n) is 11.0. The Morgan fingerprint density at radius 3 is 2.38 bits per heavy atom. The van der Waals surface area contributed by atoms with E-state index in [0.717, 1.165) is 4.88 Å². The third-order valence-electron chi connectivity index (χ3n) is 2.82. The van der Waals surface area contributed by atoms with Crippen LogP contribution in [0.2, 0.25) is 14.4 Å². The number of thiophene rings is 1. The van der Waals surface area contributed by atoms with Gasteiger partial charge in [-0.05, 0) is 29.8 Å². The number of benzene rings is 1. The molecule has 0 atom stereocenters. The number of halogens is 3. The van der Waals surface area contributed by atoms with Crippen LogP contribution in [0.5, 0.6) is 0 Å². The number of nitrogens with zero attached hydrogens (tertiary/aromatic N) is 1. The summed E-state index contributed by atoms with van der Waals surface area (Å²) in [7, 11) is -1.89. The van der Waals surface area contributed by atoms with Crippen molar-refractivity contribution in [2.75, 3.05) is 7.05 Å². The predicted molar refractivity (Wildman–Crippen MR) is 89.9 cm³/mol. The molecule has 1 heterocycles. The Balaban J connectivity index is 2.11. The minimum absolute atomic E-state index is 0.125. The Morgan fingerprint density at radius 1 is 1.10 bits per heavy atom. The molecule has 0 aliphatic rings. The van der Waals surface area contributed by atoms with Gasteiger partial charge in [-0.15, -0.1) is 11.3 Å². The number of sulfonamides is 1. The second-order valence-corrected chi connectivity index (χ2v) is 9.16. The first-order chi connectivity index (χ1) is 9.78. The van der Waals surface area contributed by atoms with Crippen molar-refractivity contribution < 1.29 is 8.42 Å². The molecule has 114 valence electrons. The molecule has 3 nitrogen and oxygen atoms in total. The normalized spacial score (nSPS) is 12.0. The monoisotopic (exact) mass is 383 g/mol. The summed E-state index contributed by atoms with van der Waals surface area (Å²) in [4.78, 5) is 0.889. The van der Waals surface area contributed by atoms with E-state index >= 15 is 0 Å². The lowest BCUT2D eigenvalue weighted by Gasteiger charge is -2.16. The molecule has 1 aromatic heterocycles. The molecule has 0 unspecified atom stereocenters. The first-order valence-corrected chi connectivity index (χ1v) is 9.46. The maximum Gasteiger partial charge on any atom is 0.218 e. The van der Waals surface area contributed by atoms with Crippen LogP contribution in [-0.4, -0.2) is 19.8 Å². The summed E-state index contributed by atoms with van der Waals surface area (Å²) in [5, 5.41) is 0.747. The second-order valence-electron chi connectivity index (χ2n) is 4.47. The lowest BCUT2D eigenvalue weighted by molar-refractivity contribution is 0.469. The van der Waals surface area contributed by atoms with Crippen LogP contribution in [0.15, 0.2) is 30.3 Å². The molecule has 21 heavy (non-hydrogen) atoms. The molecule has 0 saturated heterocycles. The minimum Gasteiger partial charge on any atom is -0.212 e. The topological polar surface area (TPSA) is 37.4 Å². The molecule has 0 spiro atoms. The lowest BCUT2D eigenvalue weighted by Crippen LogP contribution is -2.27. The quantitative estimate of drug-likeness (QED) is 0.751. The average molecular weight is 385 g/mol. The van der Waals surface area contributed by atoms with Crippen molar-refractivity contribution >= 4 is 56.2 Å². The molecule has 0 amide bonds. The third-order valence-corrected chi connectivity index (χ3v) is 6.55. The summed E-state index contributed by atoms with van der Waals surface area (Å²) in [5.41, 5.74) is 0.598. The van der Waals surface area contributed by atoms with Gasteiger partial charge in [-0.2, -0.15) is 4.31 Å². The van der Waals surface area contributed by atoms with Gasteiger partial charge in [0.05, 0.1) is 20.1 Å². The van der Waals surface area contributed by atoms with Gasteiger partial charge >= 0.3 is 0 Å². The first-order valence-electron chi connectivity index (χ1n) is 5.90. The molecule has 0 saturated carbocycles. The van der Waals surface area contributed by atoms with Crippen LogP contribution in [0.1, 0.15) is 10.4 Å². The van der Waals surface area contributed by atoms with Gasteiger partial charge in [-0.3, -0.25) is 0 Å². The second kappa shape index (κ2) is 6.86. The summed E-state index contributed by atoms with van der Waals surface area (Å²) >= 11 is 18.9. The van der Waals surface area contributed by atoms with Gasteiger partial charge in [0.2, 0.25) is 10.0 Å². The first kappa shape index (κ1) is 17.1. The van der Waals surface area contributed by atoms with Crippen molar-refractivity contribution in [1.29, 1.82) is 0 Å². The van der Waals surface area contributed by atoms with Crippen LogP contribution in [0.25, 0.3) is 0 Å². The highest BCUT2D eigenvalue weighted by molar-refractivity contribution is 7.88. The smallest absolute Gasteiger partial charge is 0.212 e. The van der Waals surface area contributed by atoms with Crippen molar-refractivity contribution in [1.82, 2.24) is 4.31 Å². The highest BCUT2D eigenvalue weighted by atomic mass is 35.5. The Labute approximate surface area is 143 Å². The van der Waals surface area contributed by atoms with E-state index in [4.69, 9.17) is 34.8 Å². The lowest BCUT2D eigenvalue weighted by atomic mass is 10.2. The van der Waals surface area contributed by atoms with Crippen molar-refractivity contribution in [2.45, 2.75) is 12.3 Å². The molecule has 8 heteroatoms. The summed E-state index contributed by atoms with van der Waals surface area (Å²) in [6, 6.07) is 8.38. The molecule has 1 aromatic carbocycles. The van der Waals surface area contributed by atoms with Crippen LogP contribution < -0.4 is 0 Å². The SMILES string of the molecule is CN(Cc1ccc(Cl)s1)S(=O)(=O)Cc1ccc(Cl)c(Cl)c1. The van der Waals surface area contributed by atoms with Gasteiger partial charge in [0, 0.05) is 18.5 Å². The van der Waals surface area contributed by atoms with E-state index in [9.17, 15) is 8.42 Å². The summed E-state index contributed by atoms with van der Waals surface area (Å²) < 4.78 is 26.6. The third kappa shape index (κ3) is 4.58. The van der Waals surface area contributed by atoms with E-state index in [1.807, 2.05) is 6.07 Å². The van der Waals surface area contributed by atoms with E-state index in [0.29, 0.717) is 26.5 Å². The molecule has 0 aliphatic heterocycles. The van der Waals surface area contributed by atoms with Gasteiger partial charge in [-0.25, -0.2) is 8.42 Å². The van der Waals surface area contributed by atoms with Gasteiger partial charge in [-0.1, -0.05) is 40.9 Å². The fourth-order valence-electron chi connectivity index (χ4n) is 1.70. The largest absolute Gasteiger partial charge is 0.218 e. The molecule has 0 radical (unpaired) electrons. The summed E-state index contributed by atoms with van der Waals surface area (Å²) in [6.45, 7) is 0.293. The zero-order valence-corrected chi connectivity index (χ0v) is 14.9. The van der Waals surface area contributed by atoms with Crippen molar-refractivity contribution in [3.63, 3.8) is 0 Å². The Kier molecular flexibility index (Phi) is 5.57. The average Bonchev–Trinajstić information content (AvgIpc) is 2.79. The Bertz CT molecular complexity index is 744. The molecule has 0 aliphatic carbocycles. The predicted octanol–water partition coefficient (Wildman–Crippen LogP) is 4.67. The van der Waals surface area contributed by atoms with E-state index < -0.39 is 10.0 Å². The zero-order chi connectivity index (χ0) is 15.6. The summed E-state index contributed by atoms with van der Waals surface area (Å²) in [6.07, 6.45) is 0. The van der Waals surface area contributed by atoms with Crippen LogP contribution in [0.3, 0.4) is 0 Å². The van der Waals surface area contributed by atoms with Crippen molar-refractivity contribution in [2.24, 2.45) is 0 Å². The molecular weight excluding hydrogens is 373 g/mol. The van der Waals surface area contributed by atoms with E-state index in [2.05, 4.69) is 0 Å². The fourth-order valence-corrected chi connectivity index (χ4v) is 4.41. The van der Waals surface area contributed by atoms with Gasteiger partial charge < -0.3 is 0 Å². The maximum absolute atomic E-state index is 12.3. The Morgan fingerprint density at radius 2 is 1.81 bits per heavy atom. The van der Waals surface area contributed by atoms with E-state index in [1.165, 1.54) is 15.6 Å². The summed E-state index contributed by atoms with van der Waals surface area (Å²) in [5.74, 6) is -0.125. The van der Waals surface area contributed by atoms with Crippen molar-refractivity contribution in [3.05, 3.63) is 55.2 Å². The maximum atomic E-state index is 12.3. The van der Waals surface area contributed by atoms with E-state index in [1.54, 1.807) is 31.3 Å².